The van der Waals surface area contributed by atoms with Gasteiger partial charge in [-0.15, -0.1) is 0 Å². The Balaban J connectivity index is 0.000000217. The number of benzene rings is 3. The van der Waals surface area contributed by atoms with Crippen LogP contribution in [-0.4, -0.2) is 25.9 Å². The van der Waals surface area contributed by atoms with Crippen molar-refractivity contribution in [1.29, 1.82) is 0 Å². The van der Waals surface area contributed by atoms with Crippen LogP contribution in [0.3, 0.4) is 0 Å². The van der Waals surface area contributed by atoms with Gasteiger partial charge < -0.3 is 9.11 Å². The van der Waals surface area contributed by atoms with Crippen molar-refractivity contribution in [3.8, 4) is 0 Å². The van der Waals surface area contributed by atoms with Gasteiger partial charge in [0.2, 0.25) is 0 Å². The molecule has 10 heteroatoms. The normalized spacial score (nSPS) is 11.4. The summed E-state index contributed by atoms with van der Waals surface area (Å²) in [6.45, 7) is 3.64. The van der Waals surface area contributed by atoms with Crippen molar-refractivity contribution in [2.45, 2.75) is 23.6 Å². The van der Waals surface area contributed by atoms with Crippen molar-refractivity contribution < 1.29 is 35.1 Å². The summed E-state index contributed by atoms with van der Waals surface area (Å²) in [5.41, 5.74) is 6.66. The van der Waals surface area contributed by atoms with Crippen LogP contribution in [0.4, 0.5) is 0 Å². The number of aromatic nitrogens is 2. The molecular formula is C36H36N2O6S2. The lowest BCUT2D eigenvalue weighted by molar-refractivity contribution is -0.671. The maximum Gasteiger partial charge on any atom is 0.169 e. The lowest BCUT2D eigenvalue weighted by atomic mass is 10.1. The second kappa shape index (κ2) is 16.5. The van der Waals surface area contributed by atoms with Gasteiger partial charge in [-0.2, -0.15) is 0 Å². The molecule has 0 amide bonds. The van der Waals surface area contributed by atoms with Crippen LogP contribution in [0.1, 0.15) is 33.4 Å². The van der Waals surface area contributed by atoms with E-state index in [0.717, 1.165) is 11.1 Å². The standard InChI is InChI=1S/C22H22N2.2C7H8O3S/c1-23-15-11-21(12-16-23)9-7-19-3-5-20(6-4-19)8-10-22-13-17-24(2)18-14-22;2*1-6-2-4-7(5-3-6)11(8,9)10/h3-18H,1-2H3;2*2-5H,1H3,(H,8,9,10)/q+2;;/p-2/b9-7+,10-8+;;. The van der Waals surface area contributed by atoms with Gasteiger partial charge in [-0.3, -0.25) is 0 Å². The molecule has 3 aromatic carbocycles. The molecule has 8 nitrogen and oxygen atoms in total. The molecule has 2 aromatic heterocycles. The van der Waals surface area contributed by atoms with Gasteiger partial charge in [0.05, 0.1) is 9.79 Å². The minimum atomic E-state index is -4.27. The Labute approximate surface area is 271 Å². The van der Waals surface area contributed by atoms with E-state index in [9.17, 15) is 25.9 Å². The zero-order chi connectivity index (χ0) is 33.7. The van der Waals surface area contributed by atoms with Crippen LogP contribution in [-0.2, 0) is 34.3 Å². The van der Waals surface area contributed by atoms with E-state index < -0.39 is 20.2 Å². The van der Waals surface area contributed by atoms with E-state index in [1.807, 2.05) is 37.1 Å². The minimum Gasteiger partial charge on any atom is -0.744 e. The summed E-state index contributed by atoms with van der Waals surface area (Å²) in [7, 11) is -4.49. The Morgan fingerprint density at radius 1 is 0.435 bits per heavy atom. The number of hydrogen-bond donors (Lipinski definition) is 0. The third kappa shape index (κ3) is 12.7. The average molecular weight is 657 g/mol. The first kappa shape index (κ1) is 35.7. The van der Waals surface area contributed by atoms with Crippen molar-refractivity contribution in [1.82, 2.24) is 0 Å². The Bertz CT molecular complexity index is 1820. The molecule has 0 saturated heterocycles. The van der Waals surface area contributed by atoms with Crippen molar-refractivity contribution >= 4 is 44.5 Å². The van der Waals surface area contributed by atoms with Gasteiger partial charge in [0, 0.05) is 24.3 Å². The molecule has 0 spiro atoms. The van der Waals surface area contributed by atoms with Crippen molar-refractivity contribution in [2.75, 3.05) is 0 Å². The first-order valence-electron chi connectivity index (χ1n) is 14.1. The summed E-state index contributed by atoms with van der Waals surface area (Å²) in [5.74, 6) is 0. The molecule has 238 valence electrons. The summed E-state index contributed by atoms with van der Waals surface area (Å²) in [6.07, 6.45) is 16.8. The minimum absolute atomic E-state index is 0.178. The summed E-state index contributed by atoms with van der Waals surface area (Å²) in [4.78, 5) is -0.355. The highest BCUT2D eigenvalue weighted by Gasteiger charge is 1.99. The van der Waals surface area contributed by atoms with Crippen molar-refractivity contribution in [2.24, 2.45) is 14.1 Å². The summed E-state index contributed by atoms with van der Waals surface area (Å²) in [6, 6.07) is 28.6. The van der Waals surface area contributed by atoms with E-state index in [1.165, 1.54) is 46.5 Å². The maximum atomic E-state index is 10.4. The van der Waals surface area contributed by atoms with Gasteiger partial charge in [0.25, 0.3) is 0 Å². The van der Waals surface area contributed by atoms with Gasteiger partial charge in [0.15, 0.2) is 24.8 Å². The number of hydrogen-bond acceptors (Lipinski definition) is 6. The third-order valence-corrected chi connectivity index (χ3v) is 8.20. The molecule has 0 unspecified atom stereocenters. The van der Waals surface area contributed by atoms with Crippen LogP contribution >= 0.6 is 0 Å². The smallest absolute Gasteiger partial charge is 0.169 e. The summed E-state index contributed by atoms with van der Waals surface area (Å²) in [5, 5.41) is 0. The fourth-order valence-electron chi connectivity index (χ4n) is 3.76. The van der Waals surface area contributed by atoms with Crippen LogP contribution < -0.4 is 9.13 Å². The Kier molecular flexibility index (Phi) is 12.8. The molecule has 46 heavy (non-hydrogen) atoms. The van der Waals surface area contributed by atoms with E-state index >= 15 is 0 Å². The molecule has 0 aliphatic carbocycles. The Morgan fingerprint density at radius 3 is 0.913 bits per heavy atom. The molecule has 0 saturated carbocycles. The number of nitrogens with zero attached hydrogens (tertiary/aromatic N) is 2. The van der Waals surface area contributed by atoms with E-state index in [0.29, 0.717) is 0 Å². The highest BCUT2D eigenvalue weighted by atomic mass is 32.2. The molecule has 0 aliphatic rings. The fraction of sp³-hybridized carbons (Fsp3) is 0.111. The zero-order valence-corrected chi connectivity index (χ0v) is 27.6. The molecule has 2 heterocycles. The Hall–Kier alpha value is -4.74. The molecule has 0 N–H and O–H groups in total. The molecule has 0 fully saturated rings. The lowest BCUT2D eigenvalue weighted by Gasteiger charge is -2.05. The van der Waals surface area contributed by atoms with Crippen LogP contribution in [0.25, 0.3) is 24.3 Å². The van der Waals surface area contributed by atoms with Crippen LogP contribution in [0.2, 0.25) is 0 Å². The topological polar surface area (TPSA) is 122 Å². The summed E-state index contributed by atoms with van der Waals surface area (Å²) < 4.78 is 66.4. The molecule has 5 rings (SSSR count). The van der Waals surface area contributed by atoms with Crippen molar-refractivity contribution in [3.63, 3.8) is 0 Å². The van der Waals surface area contributed by atoms with Gasteiger partial charge in [-0.1, -0.05) is 84.0 Å². The molecule has 0 aliphatic heterocycles. The predicted octanol–water partition coefficient (Wildman–Crippen LogP) is 5.47. The molecular weight excluding hydrogens is 621 g/mol. The van der Waals surface area contributed by atoms with Gasteiger partial charge in [0.1, 0.15) is 34.3 Å². The maximum absolute atomic E-state index is 10.4. The van der Waals surface area contributed by atoms with E-state index in [1.54, 1.807) is 24.3 Å². The fourth-order valence-corrected chi connectivity index (χ4v) is 4.70. The van der Waals surface area contributed by atoms with Gasteiger partial charge >= 0.3 is 0 Å². The average Bonchev–Trinajstić information content (AvgIpc) is 3.01. The zero-order valence-electron chi connectivity index (χ0n) is 26.0. The monoisotopic (exact) mass is 656 g/mol. The number of pyridine rings is 2. The van der Waals surface area contributed by atoms with Gasteiger partial charge in [-0.25, -0.2) is 26.0 Å². The molecule has 0 radical (unpaired) electrons. The molecule has 5 aromatic rings. The quantitative estimate of drug-likeness (QED) is 0.176. The highest BCUT2D eigenvalue weighted by Crippen LogP contribution is 2.12. The second-order valence-corrected chi connectivity index (χ2v) is 13.2. The second-order valence-electron chi connectivity index (χ2n) is 10.5. The molecule has 0 atom stereocenters. The SMILES string of the molecule is C[n+]1ccc(/C=C/c2ccc(/C=C/c3cc[n+](C)cc3)cc2)cc1.Cc1ccc(S(=O)(=O)[O-])cc1.Cc1ccc(S(=O)(=O)[O-])cc1. The number of aryl methyl sites for hydroxylation is 4. The van der Waals surface area contributed by atoms with E-state index in [2.05, 4.69) is 97.6 Å². The van der Waals surface area contributed by atoms with Crippen LogP contribution in [0, 0.1) is 13.8 Å². The Morgan fingerprint density at radius 2 is 0.674 bits per heavy atom. The largest absolute Gasteiger partial charge is 0.744 e. The van der Waals surface area contributed by atoms with E-state index in [-0.39, 0.29) is 9.79 Å². The molecule has 0 bridgehead atoms. The van der Waals surface area contributed by atoms with E-state index in [4.69, 9.17) is 0 Å². The van der Waals surface area contributed by atoms with Crippen LogP contribution in [0.5, 0.6) is 0 Å². The summed E-state index contributed by atoms with van der Waals surface area (Å²) >= 11 is 0. The van der Waals surface area contributed by atoms with Gasteiger partial charge in [-0.05, 0) is 60.4 Å². The van der Waals surface area contributed by atoms with Crippen LogP contribution in [0.15, 0.2) is 132 Å². The first-order chi connectivity index (χ1) is 21.7. The van der Waals surface area contributed by atoms with Crippen molar-refractivity contribution in [3.05, 3.63) is 155 Å². The number of rotatable bonds is 6. The third-order valence-electron chi connectivity index (χ3n) is 6.50. The highest BCUT2D eigenvalue weighted by molar-refractivity contribution is 7.86. The predicted molar refractivity (Wildman–Crippen MR) is 178 cm³/mol. The lowest BCUT2D eigenvalue weighted by Crippen LogP contribution is -2.25. The first-order valence-corrected chi connectivity index (χ1v) is 16.9.